The van der Waals surface area contributed by atoms with Crippen LogP contribution >= 0.6 is 0 Å². The van der Waals surface area contributed by atoms with Crippen LogP contribution in [0, 0.1) is 0 Å². The smallest absolute Gasteiger partial charge is 0.328 e. The Balaban J connectivity index is 2.08. The fourth-order valence-electron chi connectivity index (χ4n) is 3.01. The number of ether oxygens (including phenoxy) is 2. The van der Waals surface area contributed by atoms with Gasteiger partial charge < -0.3 is 14.8 Å². The Kier molecular flexibility index (Phi) is 5.97. The third kappa shape index (κ3) is 4.13. The molecule has 3 aromatic rings. The maximum Gasteiger partial charge on any atom is 0.328 e. The number of pyridine rings is 1. The SMILES string of the molecule is CCOC(=O)[C@H](C)NC(=O)c1cn(-c2ccc(OC)cc2)c(=O)c2ccccc12. The van der Waals surface area contributed by atoms with Crippen molar-refractivity contribution in [3.63, 3.8) is 0 Å². The third-order valence-corrected chi connectivity index (χ3v) is 4.51. The number of carbonyl (C=O) groups excluding carboxylic acids is 2. The van der Waals surface area contributed by atoms with Crippen molar-refractivity contribution < 1.29 is 19.1 Å². The zero-order valence-electron chi connectivity index (χ0n) is 16.5. The van der Waals surface area contributed by atoms with E-state index >= 15 is 0 Å². The van der Waals surface area contributed by atoms with Crippen LogP contribution in [0.4, 0.5) is 0 Å². The summed E-state index contributed by atoms with van der Waals surface area (Å²) in [5.41, 5.74) is 0.627. The predicted octanol–water partition coefficient (Wildman–Crippen LogP) is 2.68. The lowest BCUT2D eigenvalue weighted by Gasteiger charge is -2.15. The summed E-state index contributed by atoms with van der Waals surface area (Å²) in [7, 11) is 1.56. The van der Waals surface area contributed by atoms with E-state index in [-0.39, 0.29) is 17.7 Å². The van der Waals surface area contributed by atoms with E-state index in [1.807, 2.05) is 0 Å². The molecule has 1 atom stereocenters. The summed E-state index contributed by atoms with van der Waals surface area (Å²) < 4.78 is 11.5. The Morgan fingerprint density at radius 2 is 1.72 bits per heavy atom. The summed E-state index contributed by atoms with van der Waals surface area (Å²) in [6.45, 7) is 3.48. The minimum atomic E-state index is -0.817. The van der Waals surface area contributed by atoms with Gasteiger partial charge in [-0.1, -0.05) is 18.2 Å². The van der Waals surface area contributed by atoms with Gasteiger partial charge in [0.25, 0.3) is 11.5 Å². The molecule has 0 aliphatic heterocycles. The van der Waals surface area contributed by atoms with E-state index < -0.39 is 17.9 Å². The number of nitrogens with one attached hydrogen (secondary N) is 1. The second kappa shape index (κ2) is 8.60. The maximum atomic E-state index is 13.0. The van der Waals surface area contributed by atoms with Crippen molar-refractivity contribution >= 4 is 22.6 Å². The predicted molar refractivity (Wildman–Crippen MR) is 110 cm³/mol. The van der Waals surface area contributed by atoms with Gasteiger partial charge in [-0.25, -0.2) is 4.79 Å². The van der Waals surface area contributed by atoms with Crippen LogP contribution in [0.5, 0.6) is 5.75 Å². The van der Waals surface area contributed by atoms with E-state index in [0.29, 0.717) is 22.2 Å². The summed E-state index contributed by atoms with van der Waals surface area (Å²) >= 11 is 0. The van der Waals surface area contributed by atoms with Gasteiger partial charge in [0.15, 0.2) is 0 Å². The molecule has 0 saturated carbocycles. The summed E-state index contributed by atoms with van der Waals surface area (Å²) in [4.78, 5) is 37.8. The number of methoxy groups -OCH3 is 1. The van der Waals surface area contributed by atoms with E-state index in [1.165, 1.54) is 10.8 Å². The molecule has 1 N–H and O–H groups in total. The van der Waals surface area contributed by atoms with Crippen LogP contribution in [0.15, 0.2) is 59.5 Å². The number of esters is 1. The average molecular weight is 394 g/mol. The number of hydrogen-bond acceptors (Lipinski definition) is 5. The van der Waals surface area contributed by atoms with Gasteiger partial charge in [0.1, 0.15) is 11.8 Å². The fraction of sp³-hybridized carbons (Fsp3) is 0.227. The average Bonchev–Trinajstić information content (AvgIpc) is 2.74. The summed E-state index contributed by atoms with van der Waals surface area (Å²) in [5.74, 6) is -0.332. The number of amides is 1. The number of carbonyl (C=O) groups is 2. The minimum absolute atomic E-state index is 0.227. The van der Waals surface area contributed by atoms with Crippen molar-refractivity contribution in [2.24, 2.45) is 0 Å². The maximum absolute atomic E-state index is 13.0. The second-order valence-corrected chi connectivity index (χ2v) is 6.41. The molecule has 0 spiro atoms. The molecule has 1 amide bonds. The molecule has 0 saturated heterocycles. The third-order valence-electron chi connectivity index (χ3n) is 4.51. The minimum Gasteiger partial charge on any atom is -0.497 e. The molecule has 29 heavy (non-hydrogen) atoms. The Morgan fingerprint density at radius 1 is 1.07 bits per heavy atom. The first-order valence-electron chi connectivity index (χ1n) is 9.22. The molecular weight excluding hydrogens is 372 g/mol. The highest BCUT2D eigenvalue weighted by atomic mass is 16.5. The standard InChI is InChI=1S/C22H22N2O5/c1-4-29-22(27)14(2)23-20(25)19-13-24(15-9-11-16(28-3)12-10-15)21(26)18-8-6-5-7-17(18)19/h5-14H,4H2,1-3H3,(H,23,25)/t14-/m0/s1. The topological polar surface area (TPSA) is 86.6 Å². The van der Waals surface area contributed by atoms with Crippen molar-refractivity contribution in [3.05, 3.63) is 70.6 Å². The Morgan fingerprint density at radius 3 is 2.34 bits per heavy atom. The van der Waals surface area contributed by atoms with Gasteiger partial charge in [0.05, 0.1) is 19.3 Å². The quantitative estimate of drug-likeness (QED) is 0.650. The lowest BCUT2D eigenvalue weighted by Crippen LogP contribution is -2.40. The molecule has 2 aromatic carbocycles. The summed E-state index contributed by atoms with van der Waals surface area (Å²) in [5, 5.41) is 3.55. The fourth-order valence-corrected chi connectivity index (χ4v) is 3.01. The monoisotopic (exact) mass is 394 g/mol. The zero-order chi connectivity index (χ0) is 21.0. The van der Waals surface area contributed by atoms with Crippen LogP contribution in [0.1, 0.15) is 24.2 Å². The van der Waals surface area contributed by atoms with Crippen molar-refractivity contribution in [2.75, 3.05) is 13.7 Å². The highest BCUT2D eigenvalue weighted by molar-refractivity contribution is 6.07. The normalized spacial score (nSPS) is 11.7. The first-order chi connectivity index (χ1) is 14.0. The number of fused-ring (bicyclic) bond motifs is 1. The Bertz CT molecular complexity index is 1100. The van der Waals surface area contributed by atoms with E-state index in [1.54, 1.807) is 69.5 Å². The molecule has 0 bridgehead atoms. The van der Waals surface area contributed by atoms with Crippen LogP contribution in [-0.4, -0.2) is 36.2 Å². The number of rotatable bonds is 6. The van der Waals surface area contributed by atoms with Gasteiger partial charge in [0.2, 0.25) is 0 Å². The van der Waals surface area contributed by atoms with Gasteiger partial charge >= 0.3 is 5.97 Å². The molecule has 0 unspecified atom stereocenters. The number of hydrogen-bond donors (Lipinski definition) is 1. The lowest BCUT2D eigenvalue weighted by molar-refractivity contribution is -0.144. The number of benzene rings is 2. The van der Waals surface area contributed by atoms with Crippen molar-refractivity contribution in [2.45, 2.75) is 19.9 Å². The van der Waals surface area contributed by atoms with E-state index in [2.05, 4.69) is 5.32 Å². The van der Waals surface area contributed by atoms with E-state index in [0.717, 1.165) is 0 Å². The van der Waals surface area contributed by atoms with Crippen LogP contribution in [-0.2, 0) is 9.53 Å². The van der Waals surface area contributed by atoms with Gasteiger partial charge in [-0.3, -0.25) is 14.2 Å². The summed E-state index contributed by atoms with van der Waals surface area (Å²) in [6, 6.07) is 13.0. The first kappa shape index (κ1) is 20.1. The van der Waals surface area contributed by atoms with Crippen LogP contribution in [0.25, 0.3) is 16.5 Å². The van der Waals surface area contributed by atoms with Crippen LogP contribution < -0.4 is 15.6 Å². The Hall–Kier alpha value is -3.61. The molecule has 1 aromatic heterocycles. The molecule has 0 aliphatic carbocycles. The lowest BCUT2D eigenvalue weighted by atomic mass is 10.1. The molecule has 3 rings (SSSR count). The molecule has 7 nitrogen and oxygen atoms in total. The largest absolute Gasteiger partial charge is 0.497 e. The first-order valence-corrected chi connectivity index (χ1v) is 9.22. The van der Waals surface area contributed by atoms with Crippen molar-refractivity contribution in [1.82, 2.24) is 9.88 Å². The van der Waals surface area contributed by atoms with Crippen molar-refractivity contribution in [3.8, 4) is 11.4 Å². The van der Waals surface area contributed by atoms with Crippen molar-refractivity contribution in [1.29, 1.82) is 0 Å². The number of nitrogens with zero attached hydrogens (tertiary/aromatic N) is 1. The second-order valence-electron chi connectivity index (χ2n) is 6.41. The van der Waals surface area contributed by atoms with Crippen LogP contribution in [0.2, 0.25) is 0 Å². The molecule has 0 radical (unpaired) electrons. The molecule has 0 fully saturated rings. The van der Waals surface area contributed by atoms with Gasteiger partial charge in [-0.15, -0.1) is 0 Å². The number of aromatic nitrogens is 1. The summed E-state index contributed by atoms with van der Waals surface area (Å²) in [6.07, 6.45) is 1.49. The van der Waals surface area contributed by atoms with E-state index in [9.17, 15) is 14.4 Å². The molecule has 150 valence electrons. The zero-order valence-corrected chi connectivity index (χ0v) is 16.5. The van der Waals surface area contributed by atoms with E-state index in [4.69, 9.17) is 9.47 Å². The molecule has 1 heterocycles. The highest BCUT2D eigenvalue weighted by Crippen LogP contribution is 2.19. The highest BCUT2D eigenvalue weighted by Gasteiger charge is 2.21. The van der Waals surface area contributed by atoms with Gasteiger partial charge in [-0.05, 0) is 44.2 Å². The molecule has 0 aliphatic rings. The molecule has 7 heteroatoms. The molecular formula is C22H22N2O5. The van der Waals surface area contributed by atoms with Gasteiger partial charge in [-0.2, -0.15) is 0 Å². The van der Waals surface area contributed by atoms with Gasteiger partial charge in [0, 0.05) is 22.7 Å². The van der Waals surface area contributed by atoms with Crippen LogP contribution in [0.3, 0.4) is 0 Å². The Labute approximate surface area is 167 Å².